The summed E-state index contributed by atoms with van der Waals surface area (Å²) in [7, 11) is 0. The quantitative estimate of drug-likeness (QED) is 0.490. The molecule has 1 aromatic heterocycles. The molecule has 0 bridgehead atoms. The van der Waals surface area contributed by atoms with E-state index in [1.165, 1.54) is 4.70 Å². The average Bonchev–Trinajstić information content (AvgIpc) is 3.22. The van der Waals surface area contributed by atoms with Gasteiger partial charge in [-0.3, -0.25) is 9.69 Å². The lowest BCUT2D eigenvalue weighted by Crippen LogP contribution is -2.46. The van der Waals surface area contributed by atoms with Gasteiger partial charge in [0.15, 0.2) is 0 Å². The van der Waals surface area contributed by atoms with Crippen molar-refractivity contribution in [1.29, 1.82) is 0 Å². The van der Waals surface area contributed by atoms with Crippen LogP contribution in [0.5, 0.6) is 0 Å². The molecule has 170 valence electrons. The summed E-state index contributed by atoms with van der Waals surface area (Å²) in [5.41, 5.74) is 3.49. The second-order valence-electron chi connectivity index (χ2n) is 7.67. The molecule has 7 nitrogen and oxygen atoms in total. The summed E-state index contributed by atoms with van der Waals surface area (Å²) in [4.78, 5) is 22.2. The first-order valence-corrected chi connectivity index (χ1v) is 13.1. The zero-order valence-corrected chi connectivity index (χ0v) is 20.1. The van der Waals surface area contributed by atoms with Crippen molar-refractivity contribution in [2.24, 2.45) is 0 Å². The molecule has 1 saturated heterocycles. The largest absolute Gasteiger partial charge is 0.593 e. The fourth-order valence-electron chi connectivity index (χ4n) is 3.86. The number of hydrogen-bond acceptors (Lipinski definition) is 7. The third-order valence-corrected chi connectivity index (χ3v) is 7.46. The van der Waals surface area contributed by atoms with Crippen LogP contribution in [0.3, 0.4) is 0 Å². The van der Waals surface area contributed by atoms with Crippen LogP contribution in [0.4, 0.5) is 11.4 Å². The van der Waals surface area contributed by atoms with E-state index in [9.17, 15) is 9.35 Å². The first-order chi connectivity index (χ1) is 15.6. The Labute approximate surface area is 196 Å². The van der Waals surface area contributed by atoms with E-state index in [-0.39, 0.29) is 5.91 Å². The number of carbonyl (C=O) groups excluding carboxylic acids is 1. The summed E-state index contributed by atoms with van der Waals surface area (Å²) < 4.78 is 15.7. The van der Waals surface area contributed by atoms with Crippen molar-refractivity contribution in [3.63, 3.8) is 0 Å². The van der Waals surface area contributed by atoms with Crippen molar-refractivity contribution >= 4 is 50.2 Å². The molecule has 1 aliphatic rings. The minimum absolute atomic E-state index is 0.292. The summed E-state index contributed by atoms with van der Waals surface area (Å²) in [6.45, 7) is 8.90. The molecule has 1 fully saturated rings. The zero-order valence-electron chi connectivity index (χ0n) is 18.5. The highest BCUT2D eigenvalue weighted by atomic mass is 32.2. The number of nitrogens with one attached hydrogen (secondary N) is 2. The predicted octanol–water partition coefficient (Wildman–Crippen LogP) is 3.46. The fourth-order valence-corrected chi connectivity index (χ4v) is 5.33. The maximum atomic E-state index is 12.8. The molecule has 32 heavy (non-hydrogen) atoms. The molecule has 1 amide bonds. The van der Waals surface area contributed by atoms with Gasteiger partial charge in [0, 0.05) is 38.4 Å². The Morgan fingerprint density at radius 2 is 1.94 bits per heavy atom. The lowest BCUT2D eigenvalue weighted by molar-refractivity contribution is 0.0981. The topological polar surface area (TPSA) is 83.6 Å². The van der Waals surface area contributed by atoms with E-state index in [1.54, 1.807) is 18.3 Å². The van der Waals surface area contributed by atoms with Crippen molar-refractivity contribution in [3.8, 4) is 0 Å². The van der Waals surface area contributed by atoms with Gasteiger partial charge < -0.3 is 14.8 Å². The first kappa shape index (κ1) is 22.8. The Kier molecular flexibility index (Phi) is 7.51. The highest BCUT2D eigenvalue weighted by Crippen LogP contribution is 2.28. The molecule has 3 aromatic rings. The summed E-state index contributed by atoms with van der Waals surface area (Å²) >= 11 is 0.391. The number of carbonyl (C=O) groups is 1. The molecule has 0 spiro atoms. The van der Waals surface area contributed by atoms with Gasteiger partial charge in [-0.1, -0.05) is 12.1 Å². The minimum Gasteiger partial charge on any atom is -0.593 e. The van der Waals surface area contributed by atoms with E-state index < -0.39 is 11.4 Å². The van der Waals surface area contributed by atoms with Gasteiger partial charge in [-0.15, -0.1) is 11.3 Å². The number of hydrogen-bond donors (Lipinski definition) is 2. The summed E-state index contributed by atoms with van der Waals surface area (Å²) in [5, 5.41) is 4.46. The first-order valence-electron chi connectivity index (χ1n) is 11.0. The number of piperazine rings is 1. The molecule has 0 aliphatic carbocycles. The van der Waals surface area contributed by atoms with Gasteiger partial charge in [0.05, 0.1) is 39.4 Å². The smallest absolute Gasteiger partial charge is 0.294 e. The van der Waals surface area contributed by atoms with Crippen molar-refractivity contribution in [2.45, 2.75) is 20.4 Å². The third kappa shape index (κ3) is 5.35. The monoisotopic (exact) mass is 471 g/mol. The SMILES string of the molecule is CCNc1ccc(C(=O)N[S+]([O-])CC)c(N2CCN(Cc3nc4ccccc4s3)CC2)c1. The number of benzene rings is 2. The van der Waals surface area contributed by atoms with E-state index in [4.69, 9.17) is 4.98 Å². The molecule has 1 aliphatic heterocycles. The minimum atomic E-state index is -1.36. The van der Waals surface area contributed by atoms with Gasteiger partial charge in [0.2, 0.25) is 0 Å². The second-order valence-corrected chi connectivity index (χ2v) is 10.3. The lowest BCUT2D eigenvalue weighted by Gasteiger charge is -2.36. The fraction of sp³-hybridized carbons (Fsp3) is 0.391. The molecular weight excluding hydrogens is 442 g/mol. The van der Waals surface area contributed by atoms with Crippen LogP contribution >= 0.6 is 11.3 Å². The molecule has 9 heteroatoms. The number of para-hydroxylation sites is 1. The van der Waals surface area contributed by atoms with Crippen LogP contribution in [0.2, 0.25) is 0 Å². The van der Waals surface area contributed by atoms with Crippen LogP contribution in [0, 0.1) is 0 Å². The van der Waals surface area contributed by atoms with Crippen LogP contribution in [-0.2, 0) is 17.9 Å². The Hall–Kier alpha value is -2.33. The van der Waals surface area contributed by atoms with Gasteiger partial charge in [-0.05, 0) is 44.2 Å². The van der Waals surface area contributed by atoms with Crippen molar-refractivity contribution in [3.05, 3.63) is 53.0 Å². The van der Waals surface area contributed by atoms with Gasteiger partial charge in [-0.25, -0.2) is 4.98 Å². The van der Waals surface area contributed by atoms with Gasteiger partial charge in [0.25, 0.3) is 5.91 Å². The molecule has 0 radical (unpaired) electrons. The van der Waals surface area contributed by atoms with Crippen molar-refractivity contribution in [2.75, 3.05) is 48.7 Å². The van der Waals surface area contributed by atoms with E-state index in [0.29, 0.717) is 11.3 Å². The van der Waals surface area contributed by atoms with Crippen LogP contribution < -0.4 is 14.9 Å². The maximum absolute atomic E-state index is 12.8. The molecule has 0 saturated carbocycles. The molecular formula is C23H29N5O2S2. The highest BCUT2D eigenvalue weighted by molar-refractivity contribution is 7.90. The van der Waals surface area contributed by atoms with Gasteiger partial charge in [-0.2, -0.15) is 4.72 Å². The molecule has 2 N–H and O–H groups in total. The highest BCUT2D eigenvalue weighted by Gasteiger charge is 2.24. The van der Waals surface area contributed by atoms with Crippen molar-refractivity contribution < 1.29 is 9.35 Å². The predicted molar refractivity (Wildman–Crippen MR) is 134 cm³/mol. The standard InChI is InChI=1S/C23H29N5O2S2/c1-3-24-17-9-10-18(23(29)26-32(30)4-2)20(15-17)28-13-11-27(12-14-28)16-22-25-19-7-5-6-8-21(19)31-22/h5-10,15,24H,3-4,11-14,16H2,1-2H3,(H,26,29). The van der Waals surface area contributed by atoms with E-state index in [0.717, 1.165) is 61.2 Å². The van der Waals surface area contributed by atoms with E-state index >= 15 is 0 Å². The number of nitrogens with zero attached hydrogens (tertiary/aromatic N) is 3. The van der Waals surface area contributed by atoms with Crippen LogP contribution in [0.15, 0.2) is 42.5 Å². The van der Waals surface area contributed by atoms with Crippen molar-refractivity contribution in [1.82, 2.24) is 14.6 Å². The Morgan fingerprint density at radius 1 is 1.16 bits per heavy atom. The third-order valence-electron chi connectivity index (χ3n) is 5.50. The second kappa shape index (κ2) is 10.5. The molecule has 2 aromatic carbocycles. The molecule has 2 heterocycles. The maximum Gasteiger partial charge on any atom is 0.294 e. The van der Waals surface area contributed by atoms with E-state index in [2.05, 4.69) is 32.0 Å². The number of aromatic nitrogens is 1. The normalized spacial score (nSPS) is 15.7. The summed E-state index contributed by atoms with van der Waals surface area (Å²) in [6.07, 6.45) is 0. The van der Waals surface area contributed by atoms with Crippen LogP contribution in [0.25, 0.3) is 10.2 Å². The van der Waals surface area contributed by atoms with E-state index in [1.807, 2.05) is 37.3 Å². The molecule has 1 atom stereocenters. The summed E-state index contributed by atoms with van der Waals surface area (Å²) in [6, 6.07) is 14.0. The number of amides is 1. The number of rotatable bonds is 8. The van der Waals surface area contributed by atoms with Gasteiger partial charge >= 0.3 is 0 Å². The molecule has 4 rings (SSSR count). The Bertz CT molecular complexity index is 1030. The zero-order chi connectivity index (χ0) is 22.5. The average molecular weight is 472 g/mol. The number of thiazole rings is 1. The number of fused-ring (bicyclic) bond motifs is 1. The Balaban J connectivity index is 1.46. The molecule has 1 unspecified atom stereocenters. The van der Waals surface area contributed by atoms with Crippen LogP contribution in [0.1, 0.15) is 29.2 Å². The van der Waals surface area contributed by atoms with Gasteiger partial charge in [0.1, 0.15) is 10.8 Å². The van der Waals surface area contributed by atoms with Crippen LogP contribution in [-0.4, -0.2) is 58.8 Å². The number of anilines is 2. The summed E-state index contributed by atoms with van der Waals surface area (Å²) in [5.74, 6) is 0.0983. The Morgan fingerprint density at radius 3 is 2.66 bits per heavy atom. The lowest BCUT2D eigenvalue weighted by atomic mass is 10.1.